The number of ether oxygens (including phenoxy) is 2. The highest BCUT2D eigenvalue weighted by molar-refractivity contribution is 5.57. The Morgan fingerprint density at radius 2 is 1.63 bits per heavy atom. The molecule has 1 saturated heterocycles. The molecule has 0 amide bonds. The van der Waals surface area contributed by atoms with Gasteiger partial charge in [0.1, 0.15) is 5.75 Å². The van der Waals surface area contributed by atoms with Gasteiger partial charge in [-0.05, 0) is 67.5 Å². The van der Waals surface area contributed by atoms with E-state index in [1.807, 2.05) is 12.1 Å². The third-order valence-electron chi connectivity index (χ3n) is 7.35. The third kappa shape index (κ3) is 5.91. The molecule has 1 unspecified atom stereocenters. The van der Waals surface area contributed by atoms with Crippen LogP contribution in [0, 0.1) is 0 Å². The van der Waals surface area contributed by atoms with Crippen LogP contribution in [0.15, 0.2) is 72.8 Å². The second-order valence-corrected chi connectivity index (χ2v) is 9.79. The molecule has 1 saturated carbocycles. The normalized spacial score (nSPS) is 19.1. The van der Waals surface area contributed by atoms with Crippen LogP contribution in [0.3, 0.4) is 0 Å². The smallest absolute Gasteiger partial charge is 0.163 e. The lowest BCUT2D eigenvalue weighted by Crippen LogP contribution is -2.53. The number of phenolic OH excluding ortho intramolecular Hbond substituents is 1. The van der Waals surface area contributed by atoms with Crippen LogP contribution in [0.25, 0.3) is 0 Å². The summed E-state index contributed by atoms with van der Waals surface area (Å²) < 4.78 is 12.0. The summed E-state index contributed by atoms with van der Waals surface area (Å²) in [4.78, 5) is 5.07. The molecular formula is C30H36N2O3. The molecule has 0 radical (unpaired) electrons. The summed E-state index contributed by atoms with van der Waals surface area (Å²) in [6, 6.07) is 25.1. The first-order chi connectivity index (χ1) is 17.2. The quantitative estimate of drug-likeness (QED) is 0.459. The van der Waals surface area contributed by atoms with E-state index in [9.17, 15) is 5.11 Å². The van der Waals surface area contributed by atoms with Crippen molar-refractivity contribution in [3.63, 3.8) is 0 Å². The third-order valence-corrected chi connectivity index (χ3v) is 7.35. The van der Waals surface area contributed by atoms with Gasteiger partial charge in [0.15, 0.2) is 11.5 Å². The fourth-order valence-electron chi connectivity index (χ4n) is 5.39. The highest BCUT2D eigenvalue weighted by atomic mass is 16.5. The molecule has 1 N–H and O–H groups in total. The fraction of sp³-hybridized carbons (Fsp3) is 0.400. The van der Waals surface area contributed by atoms with Crippen molar-refractivity contribution in [3.8, 4) is 17.2 Å². The minimum Gasteiger partial charge on any atom is -0.508 e. The van der Waals surface area contributed by atoms with Crippen LogP contribution in [-0.2, 0) is 13.0 Å². The number of anilines is 1. The Balaban J connectivity index is 1.35. The van der Waals surface area contributed by atoms with E-state index in [4.69, 9.17) is 9.47 Å². The summed E-state index contributed by atoms with van der Waals surface area (Å²) in [6.45, 7) is 3.76. The molecule has 184 valence electrons. The molecule has 1 atom stereocenters. The summed E-state index contributed by atoms with van der Waals surface area (Å²) in [7, 11) is 1.72. The maximum Gasteiger partial charge on any atom is 0.163 e. The lowest BCUT2D eigenvalue weighted by atomic mass is 10.0. The van der Waals surface area contributed by atoms with Crippen molar-refractivity contribution in [1.82, 2.24) is 4.90 Å². The number of phenols is 1. The second-order valence-electron chi connectivity index (χ2n) is 9.79. The molecule has 2 aliphatic rings. The molecule has 2 fully saturated rings. The maximum absolute atomic E-state index is 9.68. The van der Waals surface area contributed by atoms with E-state index in [0.29, 0.717) is 17.9 Å². The lowest BCUT2D eigenvalue weighted by Gasteiger charge is -2.43. The van der Waals surface area contributed by atoms with Crippen molar-refractivity contribution >= 4 is 5.69 Å². The molecular weight excluding hydrogens is 436 g/mol. The van der Waals surface area contributed by atoms with Gasteiger partial charge in [0.2, 0.25) is 0 Å². The van der Waals surface area contributed by atoms with Gasteiger partial charge in [0, 0.05) is 44.0 Å². The second kappa shape index (κ2) is 11.0. The molecule has 1 aliphatic heterocycles. The Hall–Kier alpha value is -3.18. The number of methoxy groups -OCH3 is 1. The zero-order chi connectivity index (χ0) is 24.0. The van der Waals surface area contributed by atoms with E-state index < -0.39 is 0 Å². The van der Waals surface area contributed by atoms with Gasteiger partial charge in [-0.1, -0.05) is 42.5 Å². The number of hydrogen-bond acceptors (Lipinski definition) is 5. The van der Waals surface area contributed by atoms with Crippen molar-refractivity contribution in [2.45, 2.75) is 50.8 Å². The first-order valence-electron chi connectivity index (χ1n) is 12.8. The van der Waals surface area contributed by atoms with Crippen molar-refractivity contribution < 1.29 is 14.6 Å². The molecule has 0 bridgehead atoms. The van der Waals surface area contributed by atoms with Crippen LogP contribution in [0.1, 0.15) is 36.8 Å². The first-order valence-corrected chi connectivity index (χ1v) is 12.8. The summed E-state index contributed by atoms with van der Waals surface area (Å²) in [5.74, 6) is 1.99. The van der Waals surface area contributed by atoms with Crippen LogP contribution in [0.5, 0.6) is 17.2 Å². The molecule has 35 heavy (non-hydrogen) atoms. The number of nitrogens with zero attached hydrogens (tertiary/aromatic N) is 2. The van der Waals surface area contributed by atoms with Gasteiger partial charge in [-0.25, -0.2) is 0 Å². The van der Waals surface area contributed by atoms with E-state index >= 15 is 0 Å². The number of hydrogen-bond donors (Lipinski definition) is 1. The molecule has 1 aliphatic carbocycles. The maximum atomic E-state index is 9.68. The molecule has 0 aromatic heterocycles. The van der Waals surface area contributed by atoms with Crippen molar-refractivity contribution in [3.05, 3.63) is 83.9 Å². The molecule has 1 heterocycles. The number of aromatic hydroxyl groups is 1. The zero-order valence-electron chi connectivity index (χ0n) is 20.6. The van der Waals surface area contributed by atoms with E-state index in [1.54, 1.807) is 19.2 Å². The fourth-order valence-corrected chi connectivity index (χ4v) is 5.39. The SMILES string of the molecule is COc1ccc(N2CCN(Cc3ccc(O)cc3)C(Cc3ccccc3)C2)cc1OC1CCCC1. The van der Waals surface area contributed by atoms with Crippen LogP contribution in [0.2, 0.25) is 0 Å². The van der Waals surface area contributed by atoms with Gasteiger partial charge in [-0.2, -0.15) is 0 Å². The van der Waals surface area contributed by atoms with Gasteiger partial charge in [-0.3, -0.25) is 4.90 Å². The van der Waals surface area contributed by atoms with Gasteiger partial charge < -0.3 is 19.5 Å². The number of piperazine rings is 1. The Bertz CT molecular complexity index is 1080. The van der Waals surface area contributed by atoms with Gasteiger partial charge >= 0.3 is 0 Å². The average Bonchev–Trinajstić information content (AvgIpc) is 3.40. The Morgan fingerprint density at radius 1 is 0.857 bits per heavy atom. The molecule has 5 heteroatoms. The molecule has 3 aromatic carbocycles. The topological polar surface area (TPSA) is 45.2 Å². The lowest BCUT2D eigenvalue weighted by molar-refractivity contribution is 0.167. The Morgan fingerprint density at radius 3 is 2.37 bits per heavy atom. The first kappa shape index (κ1) is 23.6. The van der Waals surface area contributed by atoms with E-state index in [0.717, 1.165) is 56.9 Å². The van der Waals surface area contributed by atoms with Gasteiger partial charge in [0.25, 0.3) is 0 Å². The highest BCUT2D eigenvalue weighted by Crippen LogP contribution is 2.36. The molecule has 5 nitrogen and oxygen atoms in total. The Labute approximate surface area is 208 Å². The van der Waals surface area contributed by atoms with E-state index in [-0.39, 0.29) is 0 Å². The summed E-state index contributed by atoms with van der Waals surface area (Å²) in [5.41, 5.74) is 3.78. The molecule has 0 spiro atoms. The van der Waals surface area contributed by atoms with Crippen LogP contribution in [0.4, 0.5) is 5.69 Å². The summed E-state index contributed by atoms with van der Waals surface area (Å²) >= 11 is 0. The minimum absolute atomic E-state index is 0.298. The van der Waals surface area contributed by atoms with Gasteiger partial charge in [0.05, 0.1) is 13.2 Å². The number of rotatable bonds is 8. The van der Waals surface area contributed by atoms with E-state index in [1.165, 1.54) is 29.7 Å². The number of benzene rings is 3. The Kier molecular flexibility index (Phi) is 7.43. The standard InChI is InChI=1S/C30H36N2O3/c1-34-29-16-13-25(20-30(29)35-28-9-5-6-10-28)32-18-17-31(21-24-11-14-27(33)15-12-24)26(22-32)19-23-7-3-2-4-8-23/h2-4,7-8,11-16,20,26,28,33H,5-6,9-10,17-19,21-22H2,1H3. The van der Waals surface area contributed by atoms with Crippen LogP contribution >= 0.6 is 0 Å². The van der Waals surface area contributed by atoms with Crippen molar-refractivity contribution in [1.29, 1.82) is 0 Å². The van der Waals surface area contributed by atoms with Crippen LogP contribution < -0.4 is 14.4 Å². The summed E-state index contributed by atoms with van der Waals surface area (Å²) in [6.07, 6.45) is 6.04. The average molecular weight is 473 g/mol. The molecule has 3 aromatic rings. The van der Waals surface area contributed by atoms with Crippen LogP contribution in [-0.4, -0.2) is 48.9 Å². The monoisotopic (exact) mass is 472 g/mol. The summed E-state index contributed by atoms with van der Waals surface area (Å²) in [5, 5.41) is 9.68. The predicted molar refractivity (Wildman–Crippen MR) is 141 cm³/mol. The highest BCUT2D eigenvalue weighted by Gasteiger charge is 2.28. The largest absolute Gasteiger partial charge is 0.508 e. The minimum atomic E-state index is 0.298. The zero-order valence-corrected chi connectivity index (χ0v) is 20.6. The van der Waals surface area contributed by atoms with Crippen molar-refractivity contribution in [2.75, 3.05) is 31.6 Å². The van der Waals surface area contributed by atoms with Gasteiger partial charge in [-0.15, -0.1) is 0 Å². The van der Waals surface area contributed by atoms with E-state index in [2.05, 4.69) is 58.3 Å². The molecule has 5 rings (SSSR count). The predicted octanol–water partition coefficient (Wildman–Crippen LogP) is 5.66. The van der Waals surface area contributed by atoms with Crippen molar-refractivity contribution in [2.24, 2.45) is 0 Å².